The molecule has 2 aromatic heterocycles. The van der Waals surface area contributed by atoms with Gasteiger partial charge in [-0.25, -0.2) is 9.55 Å². The average Bonchev–Trinajstić information content (AvgIpc) is 3.03. The molecular formula is C20H22ClN3OS. The van der Waals surface area contributed by atoms with Crippen LogP contribution in [0.3, 0.4) is 0 Å². The van der Waals surface area contributed by atoms with E-state index in [1.54, 1.807) is 15.9 Å². The molecule has 1 aliphatic carbocycles. The van der Waals surface area contributed by atoms with Crippen LogP contribution in [0, 0.1) is 0 Å². The second-order valence-electron chi connectivity index (χ2n) is 6.59. The van der Waals surface area contributed by atoms with E-state index in [0.29, 0.717) is 11.0 Å². The van der Waals surface area contributed by atoms with Crippen molar-refractivity contribution < 1.29 is 0 Å². The molecule has 1 aliphatic rings. The van der Waals surface area contributed by atoms with Gasteiger partial charge < -0.3 is 4.90 Å². The van der Waals surface area contributed by atoms with Crippen molar-refractivity contribution in [3.8, 4) is 5.69 Å². The Labute approximate surface area is 162 Å². The lowest BCUT2D eigenvalue weighted by Crippen LogP contribution is -2.32. The molecular weight excluding hydrogens is 366 g/mol. The van der Waals surface area contributed by atoms with E-state index in [1.165, 1.54) is 16.9 Å². The second kappa shape index (κ2) is 7.05. The number of hydrogen-bond donors (Lipinski definition) is 0. The van der Waals surface area contributed by atoms with Crippen LogP contribution in [0.1, 0.15) is 37.1 Å². The molecule has 0 saturated carbocycles. The second-order valence-corrected chi connectivity index (χ2v) is 8.11. The number of nitrogens with zero attached hydrogens (tertiary/aromatic N) is 3. The number of benzene rings is 1. The SMILES string of the molecule is CCN(CC)c1nc2sc3c(c2c(=O)n1-c1ccc(Cl)cc1)CCCC3. The molecule has 4 rings (SSSR count). The van der Waals surface area contributed by atoms with Crippen molar-refractivity contribution >= 4 is 39.1 Å². The molecule has 0 radical (unpaired) electrons. The Morgan fingerprint density at radius 3 is 2.54 bits per heavy atom. The maximum Gasteiger partial charge on any atom is 0.268 e. The summed E-state index contributed by atoms with van der Waals surface area (Å²) in [6, 6.07) is 7.43. The average molecular weight is 388 g/mol. The molecule has 26 heavy (non-hydrogen) atoms. The summed E-state index contributed by atoms with van der Waals surface area (Å²) in [7, 11) is 0. The van der Waals surface area contributed by atoms with Gasteiger partial charge in [-0.2, -0.15) is 0 Å². The first-order chi connectivity index (χ1) is 12.6. The zero-order valence-corrected chi connectivity index (χ0v) is 16.7. The Morgan fingerprint density at radius 1 is 1.15 bits per heavy atom. The van der Waals surface area contributed by atoms with Gasteiger partial charge in [-0.1, -0.05) is 11.6 Å². The first-order valence-electron chi connectivity index (χ1n) is 9.22. The molecule has 0 unspecified atom stereocenters. The molecule has 0 N–H and O–H groups in total. The molecule has 3 aromatic rings. The summed E-state index contributed by atoms with van der Waals surface area (Å²) < 4.78 is 1.76. The number of rotatable bonds is 4. The highest BCUT2D eigenvalue weighted by Crippen LogP contribution is 2.35. The van der Waals surface area contributed by atoms with E-state index < -0.39 is 0 Å². The van der Waals surface area contributed by atoms with E-state index in [2.05, 4.69) is 18.7 Å². The Kier molecular flexibility index (Phi) is 4.76. The maximum absolute atomic E-state index is 13.6. The molecule has 0 spiro atoms. The number of aryl methyl sites for hydroxylation is 2. The lowest BCUT2D eigenvalue weighted by atomic mass is 9.97. The number of anilines is 1. The van der Waals surface area contributed by atoms with Crippen molar-refractivity contribution in [1.29, 1.82) is 0 Å². The highest BCUT2D eigenvalue weighted by Gasteiger charge is 2.24. The van der Waals surface area contributed by atoms with Gasteiger partial charge in [0.05, 0.1) is 11.1 Å². The molecule has 0 fully saturated rings. The van der Waals surface area contributed by atoms with E-state index in [1.807, 2.05) is 24.3 Å². The molecule has 1 aromatic carbocycles. The van der Waals surface area contributed by atoms with Crippen LogP contribution in [0.15, 0.2) is 29.1 Å². The Hall–Kier alpha value is -1.85. The van der Waals surface area contributed by atoms with Crippen molar-refractivity contribution in [3.63, 3.8) is 0 Å². The Balaban J connectivity index is 2.05. The molecule has 0 atom stereocenters. The van der Waals surface area contributed by atoms with Crippen LogP contribution in [0.2, 0.25) is 5.02 Å². The summed E-state index contributed by atoms with van der Waals surface area (Å²) in [6.45, 7) is 5.78. The van der Waals surface area contributed by atoms with E-state index >= 15 is 0 Å². The van der Waals surface area contributed by atoms with Gasteiger partial charge >= 0.3 is 0 Å². The highest BCUT2D eigenvalue weighted by atomic mass is 35.5. The summed E-state index contributed by atoms with van der Waals surface area (Å²) in [4.78, 5) is 22.9. The number of halogens is 1. The summed E-state index contributed by atoms with van der Waals surface area (Å²) >= 11 is 7.76. The van der Waals surface area contributed by atoms with Crippen LogP contribution < -0.4 is 10.5 Å². The summed E-state index contributed by atoms with van der Waals surface area (Å²) in [5, 5.41) is 1.48. The van der Waals surface area contributed by atoms with Gasteiger partial charge in [0.1, 0.15) is 4.83 Å². The van der Waals surface area contributed by atoms with Crippen molar-refractivity contribution in [1.82, 2.24) is 9.55 Å². The van der Waals surface area contributed by atoms with Gasteiger partial charge in [-0.05, 0) is 69.4 Å². The van der Waals surface area contributed by atoms with Crippen molar-refractivity contribution in [2.45, 2.75) is 39.5 Å². The van der Waals surface area contributed by atoms with E-state index in [4.69, 9.17) is 16.6 Å². The number of thiophene rings is 1. The zero-order chi connectivity index (χ0) is 18.3. The summed E-state index contributed by atoms with van der Waals surface area (Å²) in [5.74, 6) is 0.716. The monoisotopic (exact) mass is 387 g/mol. The van der Waals surface area contributed by atoms with E-state index in [-0.39, 0.29) is 5.56 Å². The number of aromatic nitrogens is 2. The molecule has 2 heterocycles. The fourth-order valence-corrected chi connectivity index (χ4v) is 5.11. The third-order valence-corrected chi connectivity index (χ3v) is 6.54. The van der Waals surface area contributed by atoms with Gasteiger partial charge in [-0.3, -0.25) is 4.79 Å². The summed E-state index contributed by atoms with van der Waals surface area (Å²) in [6.07, 6.45) is 4.40. The van der Waals surface area contributed by atoms with Gasteiger partial charge in [0.2, 0.25) is 5.95 Å². The van der Waals surface area contributed by atoms with Crippen molar-refractivity contribution in [2.24, 2.45) is 0 Å². The van der Waals surface area contributed by atoms with Crippen LogP contribution in [0.4, 0.5) is 5.95 Å². The molecule has 4 nitrogen and oxygen atoms in total. The smallest absolute Gasteiger partial charge is 0.268 e. The fourth-order valence-electron chi connectivity index (χ4n) is 3.74. The largest absolute Gasteiger partial charge is 0.342 e. The topological polar surface area (TPSA) is 38.1 Å². The minimum atomic E-state index is 0.0404. The normalized spacial score (nSPS) is 13.8. The highest BCUT2D eigenvalue weighted by molar-refractivity contribution is 7.18. The minimum absolute atomic E-state index is 0.0404. The molecule has 6 heteroatoms. The van der Waals surface area contributed by atoms with Crippen LogP contribution in [0.5, 0.6) is 0 Å². The predicted molar refractivity (Wildman–Crippen MR) is 110 cm³/mol. The van der Waals surface area contributed by atoms with Crippen LogP contribution >= 0.6 is 22.9 Å². The first-order valence-corrected chi connectivity index (χ1v) is 10.4. The zero-order valence-electron chi connectivity index (χ0n) is 15.1. The predicted octanol–water partition coefficient (Wildman–Crippen LogP) is 4.83. The first kappa shape index (κ1) is 17.6. The molecule has 0 bridgehead atoms. The van der Waals surface area contributed by atoms with E-state index in [0.717, 1.165) is 48.3 Å². The van der Waals surface area contributed by atoms with Gasteiger partial charge in [0.25, 0.3) is 5.56 Å². The molecule has 0 saturated heterocycles. The van der Waals surface area contributed by atoms with Crippen LogP contribution in [0.25, 0.3) is 15.9 Å². The number of fused-ring (bicyclic) bond motifs is 3. The van der Waals surface area contributed by atoms with Crippen LogP contribution in [-0.4, -0.2) is 22.6 Å². The minimum Gasteiger partial charge on any atom is -0.342 e. The maximum atomic E-state index is 13.6. The third kappa shape index (κ3) is 2.83. The molecule has 136 valence electrons. The molecule has 0 amide bonds. The summed E-state index contributed by atoms with van der Waals surface area (Å²) in [5.41, 5.74) is 2.08. The van der Waals surface area contributed by atoms with Crippen LogP contribution in [-0.2, 0) is 12.8 Å². The molecule has 0 aliphatic heterocycles. The van der Waals surface area contributed by atoms with Crippen molar-refractivity contribution in [2.75, 3.05) is 18.0 Å². The third-order valence-electron chi connectivity index (χ3n) is 5.10. The Bertz CT molecular complexity index is 1000. The fraction of sp³-hybridized carbons (Fsp3) is 0.400. The van der Waals surface area contributed by atoms with E-state index in [9.17, 15) is 4.79 Å². The lowest BCUT2D eigenvalue weighted by molar-refractivity contribution is 0.699. The van der Waals surface area contributed by atoms with Gasteiger partial charge in [0, 0.05) is 23.0 Å². The quantitative estimate of drug-likeness (QED) is 0.643. The lowest BCUT2D eigenvalue weighted by Gasteiger charge is -2.23. The Morgan fingerprint density at radius 2 is 1.85 bits per heavy atom. The number of hydrogen-bond acceptors (Lipinski definition) is 4. The van der Waals surface area contributed by atoms with Gasteiger partial charge in [-0.15, -0.1) is 11.3 Å². The standard InChI is InChI=1S/C20H22ClN3OS/c1-3-23(4-2)20-22-18-17(15-7-5-6-8-16(15)26-18)19(25)24(20)14-11-9-13(21)10-12-14/h9-12H,3-8H2,1-2H3. The van der Waals surface area contributed by atoms with Crippen molar-refractivity contribution in [3.05, 3.63) is 50.1 Å². The van der Waals surface area contributed by atoms with Gasteiger partial charge in [0.15, 0.2) is 0 Å².